The lowest BCUT2D eigenvalue weighted by Gasteiger charge is -2.34. The minimum atomic E-state index is 0.0443. The number of hydrogen-bond acceptors (Lipinski definition) is 5. The Morgan fingerprint density at radius 2 is 1.79 bits per heavy atom. The van der Waals surface area contributed by atoms with Gasteiger partial charge >= 0.3 is 0 Å². The van der Waals surface area contributed by atoms with E-state index in [9.17, 15) is 4.79 Å². The van der Waals surface area contributed by atoms with Crippen LogP contribution in [0.3, 0.4) is 0 Å². The fourth-order valence-electron chi connectivity index (χ4n) is 3.49. The number of amides is 1. The van der Waals surface area contributed by atoms with E-state index in [-0.39, 0.29) is 5.91 Å². The fraction of sp³-hybridized carbons (Fsp3) is 0.722. The van der Waals surface area contributed by atoms with E-state index in [0.29, 0.717) is 11.5 Å². The number of likely N-dealkylation sites (N-methyl/N-ethyl adjacent to an activating group) is 1. The van der Waals surface area contributed by atoms with Gasteiger partial charge < -0.3 is 14.7 Å². The Hall–Kier alpha value is -1.69. The van der Waals surface area contributed by atoms with Crippen LogP contribution in [0.1, 0.15) is 43.0 Å². The Labute approximate surface area is 144 Å². The number of rotatable bonds is 3. The lowest BCUT2D eigenvalue weighted by atomic mass is 9.99. The van der Waals surface area contributed by atoms with Crippen LogP contribution in [-0.2, 0) is 0 Å². The quantitative estimate of drug-likeness (QED) is 0.845. The molecule has 6 heteroatoms. The van der Waals surface area contributed by atoms with E-state index in [0.717, 1.165) is 57.5 Å². The van der Waals surface area contributed by atoms with Crippen molar-refractivity contribution in [2.45, 2.75) is 33.6 Å². The van der Waals surface area contributed by atoms with Crippen molar-refractivity contribution in [3.63, 3.8) is 0 Å². The summed E-state index contributed by atoms with van der Waals surface area (Å²) in [6, 6.07) is 1.89. The Bertz CT molecular complexity index is 575. The van der Waals surface area contributed by atoms with Gasteiger partial charge in [0.1, 0.15) is 17.3 Å². The van der Waals surface area contributed by atoms with Gasteiger partial charge in [-0.2, -0.15) is 0 Å². The summed E-state index contributed by atoms with van der Waals surface area (Å²) in [5.41, 5.74) is 0.543. The van der Waals surface area contributed by atoms with Crippen molar-refractivity contribution in [2.75, 3.05) is 50.7 Å². The molecule has 1 aromatic heterocycles. The molecule has 1 aromatic rings. The summed E-state index contributed by atoms with van der Waals surface area (Å²) in [5, 5.41) is 0. The molecule has 0 N–H and O–H groups in total. The monoisotopic (exact) mass is 331 g/mol. The molecule has 0 unspecified atom stereocenters. The molecule has 2 aliphatic heterocycles. The van der Waals surface area contributed by atoms with Gasteiger partial charge in [-0.15, -0.1) is 0 Å². The first-order valence-electron chi connectivity index (χ1n) is 9.19. The second kappa shape index (κ2) is 7.47. The predicted molar refractivity (Wildman–Crippen MR) is 95.4 cm³/mol. The van der Waals surface area contributed by atoms with Crippen LogP contribution in [0.2, 0.25) is 0 Å². The van der Waals surface area contributed by atoms with Crippen molar-refractivity contribution in [2.24, 2.45) is 5.92 Å². The zero-order valence-corrected chi connectivity index (χ0v) is 15.2. The molecule has 24 heavy (non-hydrogen) atoms. The normalized spacial score (nSPS) is 20.5. The molecule has 0 bridgehead atoms. The van der Waals surface area contributed by atoms with Crippen molar-refractivity contribution in [3.05, 3.63) is 17.6 Å². The SMILES string of the molecule is CCN1CCN(C(=O)c2cc(N3CCC(C)CC3)nc(C)n2)CC1. The van der Waals surface area contributed by atoms with Gasteiger partial charge in [-0.1, -0.05) is 13.8 Å². The van der Waals surface area contributed by atoms with Crippen LogP contribution in [0, 0.1) is 12.8 Å². The first-order chi connectivity index (χ1) is 11.6. The highest BCUT2D eigenvalue weighted by Gasteiger charge is 2.24. The van der Waals surface area contributed by atoms with Crippen molar-refractivity contribution >= 4 is 11.7 Å². The van der Waals surface area contributed by atoms with E-state index < -0.39 is 0 Å². The molecular formula is C18H29N5O. The summed E-state index contributed by atoms with van der Waals surface area (Å²) in [4.78, 5) is 28.4. The summed E-state index contributed by atoms with van der Waals surface area (Å²) in [6.07, 6.45) is 2.37. The number of hydrogen-bond donors (Lipinski definition) is 0. The van der Waals surface area contributed by atoms with Gasteiger partial charge in [0.15, 0.2) is 0 Å². The van der Waals surface area contributed by atoms with Crippen LogP contribution in [-0.4, -0.2) is 71.5 Å². The largest absolute Gasteiger partial charge is 0.356 e. The molecular weight excluding hydrogens is 302 g/mol. The number of piperidine rings is 1. The smallest absolute Gasteiger partial charge is 0.272 e. The Balaban J connectivity index is 1.72. The zero-order chi connectivity index (χ0) is 17.1. The molecule has 2 fully saturated rings. The van der Waals surface area contributed by atoms with Crippen molar-refractivity contribution in [1.29, 1.82) is 0 Å². The highest BCUT2D eigenvalue weighted by Crippen LogP contribution is 2.22. The summed E-state index contributed by atoms with van der Waals surface area (Å²) in [5.74, 6) is 2.41. The van der Waals surface area contributed by atoms with Gasteiger partial charge in [-0.25, -0.2) is 9.97 Å². The number of carbonyl (C=O) groups is 1. The second-order valence-corrected chi connectivity index (χ2v) is 7.05. The van der Waals surface area contributed by atoms with Gasteiger partial charge in [0, 0.05) is 45.3 Å². The molecule has 0 radical (unpaired) electrons. The molecule has 0 aromatic carbocycles. The maximum absolute atomic E-state index is 12.8. The van der Waals surface area contributed by atoms with Crippen molar-refractivity contribution in [3.8, 4) is 0 Å². The van der Waals surface area contributed by atoms with Crippen LogP contribution in [0.25, 0.3) is 0 Å². The van der Waals surface area contributed by atoms with Crippen LogP contribution >= 0.6 is 0 Å². The van der Waals surface area contributed by atoms with Gasteiger partial charge in [-0.3, -0.25) is 4.79 Å². The number of piperazine rings is 1. The number of carbonyl (C=O) groups excluding carboxylic acids is 1. The second-order valence-electron chi connectivity index (χ2n) is 7.05. The van der Waals surface area contributed by atoms with Crippen molar-refractivity contribution in [1.82, 2.24) is 19.8 Å². The number of nitrogens with zero attached hydrogens (tertiary/aromatic N) is 5. The molecule has 3 heterocycles. The molecule has 0 aliphatic carbocycles. The van der Waals surface area contributed by atoms with E-state index in [1.165, 1.54) is 12.8 Å². The number of aryl methyl sites for hydroxylation is 1. The molecule has 3 rings (SSSR count). The molecule has 1 amide bonds. The summed E-state index contributed by atoms with van der Waals surface area (Å²) in [6.45, 7) is 12.9. The van der Waals surface area contributed by atoms with Crippen LogP contribution in [0.5, 0.6) is 0 Å². The minimum Gasteiger partial charge on any atom is -0.356 e. The molecule has 0 spiro atoms. The van der Waals surface area contributed by atoms with Gasteiger partial charge in [-0.05, 0) is 32.2 Å². The van der Waals surface area contributed by atoms with Gasteiger partial charge in [0.05, 0.1) is 0 Å². The molecule has 2 aliphatic rings. The molecule has 6 nitrogen and oxygen atoms in total. The van der Waals surface area contributed by atoms with Crippen LogP contribution in [0.4, 0.5) is 5.82 Å². The Kier molecular flexibility index (Phi) is 5.33. The van der Waals surface area contributed by atoms with E-state index in [1.54, 1.807) is 0 Å². The van der Waals surface area contributed by atoms with Gasteiger partial charge in [0.2, 0.25) is 0 Å². The van der Waals surface area contributed by atoms with Crippen LogP contribution in [0.15, 0.2) is 6.07 Å². The van der Waals surface area contributed by atoms with Gasteiger partial charge in [0.25, 0.3) is 5.91 Å². The maximum atomic E-state index is 12.8. The number of aromatic nitrogens is 2. The zero-order valence-electron chi connectivity index (χ0n) is 15.2. The third kappa shape index (κ3) is 3.86. The lowest BCUT2D eigenvalue weighted by Crippen LogP contribution is -2.48. The highest BCUT2D eigenvalue weighted by molar-refractivity contribution is 5.93. The number of anilines is 1. The van der Waals surface area contributed by atoms with E-state index >= 15 is 0 Å². The lowest BCUT2D eigenvalue weighted by molar-refractivity contribution is 0.0637. The first-order valence-corrected chi connectivity index (χ1v) is 9.19. The Morgan fingerprint density at radius 3 is 2.42 bits per heavy atom. The standard InChI is InChI=1S/C18H29N5O/c1-4-21-9-11-23(12-10-21)18(24)16-13-17(20-15(3)19-16)22-7-5-14(2)6-8-22/h13-14H,4-12H2,1-3H3. The summed E-state index contributed by atoms with van der Waals surface area (Å²) in [7, 11) is 0. The first kappa shape index (κ1) is 17.1. The highest BCUT2D eigenvalue weighted by atomic mass is 16.2. The maximum Gasteiger partial charge on any atom is 0.272 e. The van der Waals surface area contributed by atoms with Crippen molar-refractivity contribution < 1.29 is 4.79 Å². The molecule has 2 saturated heterocycles. The van der Waals surface area contributed by atoms with Crippen LogP contribution < -0.4 is 4.90 Å². The van der Waals surface area contributed by atoms with E-state index in [4.69, 9.17) is 0 Å². The Morgan fingerprint density at radius 1 is 1.12 bits per heavy atom. The molecule has 0 atom stereocenters. The molecule has 0 saturated carbocycles. The van der Waals surface area contributed by atoms with E-state index in [1.807, 2.05) is 17.9 Å². The average molecular weight is 331 g/mol. The van der Waals surface area contributed by atoms with E-state index in [2.05, 4.69) is 33.6 Å². The fourth-order valence-corrected chi connectivity index (χ4v) is 3.49. The summed E-state index contributed by atoms with van der Waals surface area (Å²) >= 11 is 0. The molecule has 132 valence electrons. The third-order valence-corrected chi connectivity index (χ3v) is 5.26. The average Bonchev–Trinajstić information content (AvgIpc) is 2.61. The third-order valence-electron chi connectivity index (χ3n) is 5.26. The summed E-state index contributed by atoms with van der Waals surface area (Å²) < 4.78 is 0. The minimum absolute atomic E-state index is 0.0443. The topological polar surface area (TPSA) is 52.6 Å². The predicted octanol–water partition coefficient (Wildman–Crippen LogP) is 1.80.